The van der Waals surface area contributed by atoms with E-state index in [1.807, 2.05) is 4.90 Å². The van der Waals surface area contributed by atoms with E-state index in [4.69, 9.17) is 11.1 Å². The Morgan fingerprint density at radius 2 is 1.80 bits per heavy atom. The highest BCUT2D eigenvalue weighted by atomic mass is 32.2. The minimum Gasteiger partial charge on any atom is -0.387 e. The number of rotatable bonds is 7. The summed E-state index contributed by atoms with van der Waals surface area (Å²) in [6.07, 6.45) is 2.28. The number of hydrogen-bond donors (Lipinski definition) is 3. The molecule has 0 atom stereocenters. The van der Waals surface area contributed by atoms with Gasteiger partial charge in [-0.1, -0.05) is 0 Å². The van der Waals surface area contributed by atoms with Crippen LogP contribution in [0.3, 0.4) is 0 Å². The molecular formula is C10H22N4O4S2. The molecule has 0 spiro atoms. The molecule has 0 aromatic rings. The predicted octanol–water partition coefficient (Wildman–Crippen LogP) is -1.65. The zero-order valence-corrected chi connectivity index (χ0v) is 13.1. The molecule has 118 valence electrons. The molecule has 0 saturated carbocycles. The number of nitrogens with one attached hydrogen (secondary N) is 2. The second-order valence-electron chi connectivity index (χ2n) is 5.14. The Hall–Kier alpha value is -0.710. The minimum atomic E-state index is -3.57. The Morgan fingerprint density at radius 1 is 1.25 bits per heavy atom. The lowest BCUT2D eigenvalue weighted by Crippen LogP contribution is -2.47. The van der Waals surface area contributed by atoms with Crippen molar-refractivity contribution in [1.29, 1.82) is 5.41 Å². The van der Waals surface area contributed by atoms with Crippen molar-refractivity contribution < 1.29 is 16.8 Å². The van der Waals surface area contributed by atoms with Gasteiger partial charge in [0.15, 0.2) is 0 Å². The molecule has 1 rings (SSSR count). The summed E-state index contributed by atoms with van der Waals surface area (Å²) in [5.41, 5.74) is 5.31. The molecule has 0 unspecified atom stereocenters. The van der Waals surface area contributed by atoms with Crippen LogP contribution >= 0.6 is 0 Å². The summed E-state index contributed by atoms with van der Waals surface area (Å²) in [5.74, 6) is -0.678. The number of nitrogens with zero attached hydrogens (tertiary/aromatic N) is 1. The van der Waals surface area contributed by atoms with Crippen LogP contribution in [0.5, 0.6) is 0 Å². The van der Waals surface area contributed by atoms with Crippen LogP contribution in [-0.4, -0.2) is 71.0 Å². The molecule has 20 heavy (non-hydrogen) atoms. The van der Waals surface area contributed by atoms with Crippen LogP contribution in [0.2, 0.25) is 0 Å². The van der Waals surface area contributed by atoms with Gasteiger partial charge in [-0.05, 0) is 12.8 Å². The van der Waals surface area contributed by atoms with Gasteiger partial charge < -0.3 is 5.73 Å². The number of amidine groups is 1. The molecule has 1 aliphatic rings. The highest BCUT2D eigenvalue weighted by Gasteiger charge is 2.24. The van der Waals surface area contributed by atoms with Crippen LogP contribution in [0.25, 0.3) is 0 Å². The van der Waals surface area contributed by atoms with Crippen LogP contribution in [0.4, 0.5) is 0 Å². The lowest BCUT2D eigenvalue weighted by atomic mass is 10.1. The van der Waals surface area contributed by atoms with Crippen LogP contribution in [0.1, 0.15) is 12.8 Å². The third-order valence-corrected chi connectivity index (χ3v) is 5.69. The van der Waals surface area contributed by atoms with Crippen molar-refractivity contribution in [3.05, 3.63) is 0 Å². The summed E-state index contributed by atoms with van der Waals surface area (Å²) >= 11 is 0. The van der Waals surface area contributed by atoms with Crippen LogP contribution in [-0.2, 0) is 19.9 Å². The molecular weight excluding hydrogens is 304 g/mol. The Balaban J connectivity index is 2.41. The van der Waals surface area contributed by atoms with Gasteiger partial charge in [0.25, 0.3) is 0 Å². The second kappa shape index (κ2) is 6.83. The van der Waals surface area contributed by atoms with E-state index in [1.54, 1.807) is 0 Å². The molecule has 1 saturated heterocycles. The van der Waals surface area contributed by atoms with E-state index in [9.17, 15) is 16.8 Å². The van der Waals surface area contributed by atoms with Crippen LogP contribution in [0.15, 0.2) is 0 Å². The summed E-state index contributed by atoms with van der Waals surface area (Å²) in [5, 5.41) is 7.21. The molecule has 1 heterocycles. The topological polar surface area (TPSA) is 133 Å². The number of piperidine rings is 1. The maximum atomic E-state index is 11.8. The van der Waals surface area contributed by atoms with Crippen molar-refractivity contribution >= 4 is 25.7 Å². The largest absolute Gasteiger partial charge is 0.387 e. The van der Waals surface area contributed by atoms with Gasteiger partial charge in [0, 0.05) is 25.4 Å². The van der Waals surface area contributed by atoms with E-state index < -0.39 is 25.6 Å². The fourth-order valence-corrected chi connectivity index (χ4v) is 4.97. The normalized spacial score (nSPS) is 19.1. The molecule has 8 nitrogen and oxygen atoms in total. The third-order valence-electron chi connectivity index (χ3n) is 3.05. The standard InChI is InChI=1S/C10H22N4O4S2/c1-19(15,16)6-7-20(17,18)13-9-2-4-14(5-3-9)8-10(11)12/h9,13H,2-8H2,1H3,(H3,11,12). The lowest BCUT2D eigenvalue weighted by molar-refractivity contribution is 0.231. The van der Waals surface area contributed by atoms with Crippen LogP contribution < -0.4 is 10.5 Å². The molecule has 0 aromatic carbocycles. The Labute approximate surface area is 120 Å². The van der Waals surface area contributed by atoms with E-state index in [2.05, 4.69) is 4.72 Å². The Kier molecular flexibility index (Phi) is 5.92. The highest BCUT2D eigenvalue weighted by molar-refractivity contribution is 7.93. The van der Waals surface area contributed by atoms with Gasteiger partial charge in [-0.25, -0.2) is 21.6 Å². The average molecular weight is 326 g/mol. The molecule has 0 bridgehead atoms. The number of likely N-dealkylation sites (tertiary alicyclic amines) is 1. The first kappa shape index (κ1) is 17.3. The van der Waals surface area contributed by atoms with Gasteiger partial charge >= 0.3 is 0 Å². The van der Waals surface area contributed by atoms with Gasteiger partial charge in [-0.15, -0.1) is 0 Å². The van der Waals surface area contributed by atoms with E-state index in [-0.39, 0.29) is 17.6 Å². The second-order valence-corrected chi connectivity index (χ2v) is 9.28. The molecule has 0 amide bonds. The first-order valence-electron chi connectivity index (χ1n) is 6.30. The van der Waals surface area contributed by atoms with E-state index in [0.717, 1.165) is 6.26 Å². The van der Waals surface area contributed by atoms with Crippen molar-refractivity contribution in [2.24, 2.45) is 5.73 Å². The summed E-state index contributed by atoms with van der Waals surface area (Å²) < 4.78 is 48.0. The monoisotopic (exact) mass is 326 g/mol. The summed E-state index contributed by atoms with van der Waals surface area (Å²) in [6, 6.07) is -0.178. The van der Waals surface area contributed by atoms with Gasteiger partial charge in [0.05, 0.1) is 18.1 Å². The number of sulfonamides is 1. The summed E-state index contributed by atoms with van der Waals surface area (Å²) in [7, 11) is -6.85. The Morgan fingerprint density at radius 3 is 2.25 bits per heavy atom. The molecule has 1 aliphatic heterocycles. The molecule has 10 heteroatoms. The molecule has 4 N–H and O–H groups in total. The zero-order chi connectivity index (χ0) is 15.4. The molecule has 0 radical (unpaired) electrons. The smallest absolute Gasteiger partial charge is 0.212 e. The zero-order valence-electron chi connectivity index (χ0n) is 11.5. The van der Waals surface area contributed by atoms with E-state index >= 15 is 0 Å². The third kappa shape index (κ3) is 7.17. The van der Waals surface area contributed by atoms with Gasteiger partial charge in [-0.3, -0.25) is 10.3 Å². The first-order valence-corrected chi connectivity index (χ1v) is 10.0. The number of hydrogen-bond acceptors (Lipinski definition) is 6. The predicted molar refractivity (Wildman–Crippen MR) is 78.0 cm³/mol. The fraction of sp³-hybridized carbons (Fsp3) is 0.900. The van der Waals surface area contributed by atoms with Gasteiger partial charge in [0.2, 0.25) is 10.0 Å². The number of sulfone groups is 1. The maximum Gasteiger partial charge on any atom is 0.212 e. The maximum absolute atomic E-state index is 11.8. The lowest BCUT2D eigenvalue weighted by Gasteiger charge is -2.31. The van der Waals surface area contributed by atoms with E-state index in [0.29, 0.717) is 32.5 Å². The molecule has 0 aliphatic carbocycles. The van der Waals surface area contributed by atoms with Crippen molar-refractivity contribution in [2.75, 3.05) is 37.4 Å². The van der Waals surface area contributed by atoms with Gasteiger partial charge in [0.1, 0.15) is 15.7 Å². The molecule has 1 fully saturated rings. The van der Waals surface area contributed by atoms with Crippen molar-refractivity contribution in [3.63, 3.8) is 0 Å². The van der Waals surface area contributed by atoms with Crippen molar-refractivity contribution in [1.82, 2.24) is 9.62 Å². The van der Waals surface area contributed by atoms with E-state index in [1.165, 1.54) is 0 Å². The number of nitrogens with two attached hydrogens (primary N) is 1. The first-order chi connectivity index (χ1) is 9.07. The van der Waals surface area contributed by atoms with Crippen LogP contribution in [0, 0.1) is 5.41 Å². The quantitative estimate of drug-likeness (QED) is 0.379. The summed E-state index contributed by atoms with van der Waals surface area (Å²) in [4.78, 5) is 1.99. The minimum absolute atomic E-state index is 0.0946. The summed E-state index contributed by atoms with van der Waals surface area (Å²) in [6.45, 7) is 1.73. The average Bonchev–Trinajstić information content (AvgIpc) is 2.28. The van der Waals surface area contributed by atoms with Gasteiger partial charge in [-0.2, -0.15) is 0 Å². The Bertz CT molecular complexity index is 536. The molecule has 0 aromatic heterocycles. The SMILES string of the molecule is CS(=O)(=O)CCS(=O)(=O)NC1CCN(CC(=N)N)CC1. The van der Waals surface area contributed by atoms with Crippen molar-refractivity contribution in [3.8, 4) is 0 Å². The fourth-order valence-electron chi connectivity index (χ4n) is 2.02. The van der Waals surface area contributed by atoms with Crippen molar-refractivity contribution in [2.45, 2.75) is 18.9 Å². The highest BCUT2D eigenvalue weighted by Crippen LogP contribution is 2.11.